The standard InChI is InChI=1S/C11H20N2OS/c1-8(9-4-5-9)13-11(15)12-7-10-3-2-6-14-10/h8-10H,2-7H2,1H3,(H2,12,13,15)/t8-,10+/m1/s1. The quantitative estimate of drug-likeness (QED) is 0.713. The molecule has 0 amide bonds. The van der Waals surface area contributed by atoms with Gasteiger partial charge in [0.1, 0.15) is 0 Å². The Labute approximate surface area is 96.9 Å². The minimum atomic E-state index is 0.362. The van der Waals surface area contributed by atoms with Gasteiger partial charge >= 0.3 is 0 Å². The van der Waals surface area contributed by atoms with Gasteiger partial charge in [0.25, 0.3) is 0 Å². The summed E-state index contributed by atoms with van der Waals surface area (Å²) in [4.78, 5) is 0. The summed E-state index contributed by atoms with van der Waals surface area (Å²) in [6.07, 6.45) is 5.41. The maximum Gasteiger partial charge on any atom is 0.166 e. The molecule has 1 aliphatic carbocycles. The monoisotopic (exact) mass is 228 g/mol. The first-order valence-corrected chi connectivity index (χ1v) is 6.32. The number of ether oxygens (including phenoxy) is 1. The molecule has 0 bridgehead atoms. The molecule has 1 saturated carbocycles. The SMILES string of the molecule is C[C@@H](NC(=S)NC[C@@H]1CCCO1)C1CC1. The number of hydrogen-bond acceptors (Lipinski definition) is 2. The summed E-state index contributed by atoms with van der Waals surface area (Å²) >= 11 is 5.23. The maximum absolute atomic E-state index is 5.52. The van der Waals surface area contributed by atoms with E-state index in [1.54, 1.807) is 0 Å². The van der Waals surface area contributed by atoms with Crippen LogP contribution in [0.2, 0.25) is 0 Å². The fourth-order valence-electron chi connectivity index (χ4n) is 1.98. The largest absolute Gasteiger partial charge is 0.376 e. The van der Waals surface area contributed by atoms with Crippen LogP contribution >= 0.6 is 12.2 Å². The highest BCUT2D eigenvalue weighted by molar-refractivity contribution is 7.80. The molecule has 2 aliphatic rings. The summed E-state index contributed by atoms with van der Waals surface area (Å²) in [5, 5.41) is 7.35. The highest BCUT2D eigenvalue weighted by Crippen LogP contribution is 2.32. The smallest absolute Gasteiger partial charge is 0.166 e. The first-order valence-electron chi connectivity index (χ1n) is 5.91. The van der Waals surface area contributed by atoms with E-state index >= 15 is 0 Å². The first-order chi connectivity index (χ1) is 7.25. The van der Waals surface area contributed by atoms with Gasteiger partial charge in [0.15, 0.2) is 5.11 Å². The van der Waals surface area contributed by atoms with Gasteiger partial charge in [-0.25, -0.2) is 0 Å². The zero-order valence-electron chi connectivity index (χ0n) is 9.29. The van der Waals surface area contributed by atoms with Gasteiger partial charge in [-0.05, 0) is 50.7 Å². The van der Waals surface area contributed by atoms with E-state index in [-0.39, 0.29) is 0 Å². The van der Waals surface area contributed by atoms with Crippen molar-refractivity contribution in [3.8, 4) is 0 Å². The zero-order chi connectivity index (χ0) is 10.7. The molecule has 0 unspecified atom stereocenters. The van der Waals surface area contributed by atoms with Crippen LogP contribution in [0.5, 0.6) is 0 Å². The minimum absolute atomic E-state index is 0.362. The van der Waals surface area contributed by atoms with Crippen LogP contribution in [-0.4, -0.2) is 30.4 Å². The molecular weight excluding hydrogens is 208 g/mol. The van der Waals surface area contributed by atoms with Gasteiger partial charge in [-0.1, -0.05) is 0 Å². The maximum atomic E-state index is 5.52. The summed E-state index contributed by atoms with van der Waals surface area (Å²) in [7, 11) is 0. The molecule has 0 aromatic carbocycles. The van der Waals surface area contributed by atoms with Crippen LogP contribution in [0.3, 0.4) is 0 Å². The molecule has 0 radical (unpaired) electrons. The Kier molecular flexibility index (Phi) is 3.81. The van der Waals surface area contributed by atoms with Crippen LogP contribution in [0.15, 0.2) is 0 Å². The molecule has 2 rings (SSSR count). The van der Waals surface area contributed by atoms with Crippen LogP contribution in [0.1, 0.15) is 32.6 Å². The molecule has 0 aromatic heterocycles. The van der Waals surface area contributed by atoms with E-state index in [0.717, 1.165) is 30.6 Å². The van der Waals surface area contributed by atoms with Crippen molar-refractivity contribution in [1.82, 2.24) is 10.6 Å². The van der Waals surface area contributed by atoms with Crippen molar-refractivity contribution in [1.29, 1.82) is 0 Å². The van der Waals surface area contributed by atoms with Crippen molar-refractivity contribution in [2.24, 2.45) is 5.92 Å². The molecule has 2 N–H and O–H groups in total. The van der Waals surface area contributed by atoms with Gasteiger partial charge in [0.2, 0.25) is 0 Å². The fourth-order valence-corrected chi connectivity index (χ4v) is 2.25. The van der Waals surface area contributed by atoms with E-state index in [1.807, 2.05) is 0 Å². The van der Waals surface area contributed by atoms with Gasteiger partial charge in [0.05, 0.1) is 6.10 Å². The topological polar surface area (TPSA) is 33.3 Å². The Morgan fingerprint density at radius 1 is 1.47 bits per heavy atom. The summed E-state index contributed by atoms with van der Waals surface area (Å²) in [5.41, 5.74) is 0. The van der Waals surface area contributed by atoms with Crippen molar-refractivity contribution in [2.75, 3.05) is 13.2 Å². The van der Waals surface area contributed by atoms with Gasteiger partial charge in [-0.2, -0.15) is 0 Å². The Morgan fingerprint density at radius 3 is 2.87 bits per heavy atom. The molecule has 0 spiro atoms. The van der Waals surface area contributed by atoms with Gasteiger partial charge in [0, 0.05) is 19.2 Å². The first kappa shape index (κ1) is 11.1. The van der Waals surface area contributed by atoms with Crippen molar-refractivity contribution >= 4 is 17.3 Å². The molecule has 3 nitrogen and oxygen atoms in total. The fraction of sp³-hybridized carbons (Fsp3) is 0.909. The second kappa shape index (κ2) is 5.12. The van der Waals surface area contributed by atoms with E-state index < -0.39 is 0 Å². The van der Waals surface area contributed by atoms with Crippen molar-refractivity contribution in [3.63, 3.8) is 0 Å². The highest BCUT2D eigenvalue weighted by atomic mass is 32.1. The number of hydrogen-bond donors (Lipinski definition) is 2. The number of nitrogens with one attached hydrogen (secondary N) is 2. The van der Waals surface area contributed by atoms with Crippen LogP contribution in [-0.2, 0) is 4.74 Å². The van der Waals surface area contributed by atoms with Gasteiger partial charge in [-0.3, -0.25) is 0 Å². The van der Waals surface area contributed by atoms with E-state index in [0.29, 0.717) is 12.1 Å². The third kappa shape index (κ3) is 3.61. The summed E-state index contributed by atoms with van der Waals surface area (Å²) < 4.78 is 5.52. The van der Waals surface area contributed by atoms with Crippen LogP contribution in [0.25, 0.3) is 0 Å². The van der Waals surface area contributed by atoms with E-state index in [9.17, 15) is 0 Å². The second-order valence-corrected chi connectivity index (χ2v) is 5.02. The summed E-state index contributed by atoms with van der Waals surface area (Å²) in [6, 6.07) is 0.523. The van der Waals surface area contributed by atoms with Gasteiger partial charge < -0.3 is 15.4 Å². The number of rotatable bonds is 4. The minimum Gasteiger partial charge on any atom is -0.376 e. The molecule has 86 valence electrons. The Bertz CT molecular complexity index is 225. The molecule has 1 heterocycles. The third-order valence-electron chi connectivity index (χ3n) is 3.20. The molecule has 4 heteroatoms. The Balaban J connectivity index is 1.59. The van der Waals surface area contributed by atoms with E-state index in [4.69, 9.17) is 17.0 Å². The van der Waals surface area contributed by atoms with E-state index in [2.05, 4.69) is 17.6 Å². The lowest BCUT2D eigenvalue weighted by molar-refractivity contribution is 0.114. The average Bonchev–Trinajstić information content (AvgIpc) is 2.93. The Hall–Kier alpha value is -0.350. The average molecular weight is 228 g/mol. The normalized spacial score (nSPS) is 27.4. The Morgan fingerprint density at radius 2 is 2.27 bits per heavy atom. The molecule has 0 aromatic rings. The van der Waals surface area contributed by atoms with E-state index in [1.165, 1.54) is 19.3 Å². The summed E-state index contributed by atoms with van der Waals surface area (Å²) in [6.45, 7) is 3.96. The lowest BCUT2D eigenvalue weighted by Crippen LogP contribution is -2.43. The lowest BCUT2D eigenvalue weighted by atomic mass is 10.2. The molecule has 2 fully saturated rings. The zero-order valence-corrected chi connectivity index (χ0v) is 10.1. The van der Waals surface area contributed by atoms with Crippen LogP contribution in [0, 0.1) is 5.92 Å². The predicted molar refractivity (Wildman–Crippen MR) is 64.9 cm³/mol. The summed E-state index contributed by atoms with van der Waals surface area (Å²) in [5.74, 6) is 0.840. The lowest BCUT2D eigenvalue weighted by Gasteiger charge is -2.18. The van der Waals surface area contributed by atoms with Crippen molar-refractivity contribution in [3.05, 3.63) is 0 Å². The molecule has 1 saturated heterocycles. The highest BCUT2D eigenvalue weighted by Gasteiger charge is 2.28. The van der Waals surface area contributed by atoms with Crippen molar-refractivity contribution in [2.45, 2.75) is 44.8 Å². The van der Waals surface area contributed by atoms with Gasteiger partial charge in [-0.15, -0.1) is 0 Å². The van der Waals surface area contributed by atoms with Crippen LogP contribution < -0.4 is 10.6 Å². The molecule has 15 heavy (non-hydrogen) atoms. The molecule has 2 atom stereocenters. The van der Waals surface area contributed by atoms with Crippen LogP contribution in [0.4, 0.5) is 0 Å². The third-order valence-corrected chi connectivity index (χ3v) is 3.46. The number of thiocarbonyl (C=S) groups is 1. The second-order valence-electron chi connectivity index (χ2n) is 4.62. The predicted octanol–water partition coefficient (Wildman–Crippen LogP) is 1.43. The molecule has 1 aliphatic heterocycles. The van der Waals surface area contributed by atoms with Crippen molar-refractivity contribution < 1.29 is 4.74 Å². The molecular formula is C11H20N2OS.